The summed E-state index contributed by atoms with van der Waals surface area (Å²) >= 11 is 0. The molecule has 0 aliphatic carbocycles. The van der Waals surface area contributed by atoms with Crippen LogP contribution >= 0.6 is 24.0 Å². The third-order valence-corrected chi connectivity index (χ3v) is 4.73. The second-order valence-corrected chi connectivity index (χ2v) is 6.83. The Balaban J connectivity index is 0.00000280. The first-order chi connectivity index (χ1) is 13.2. The molecule has 0 bridgehead atoms. The highest BCUT2D eigenvalue weighted by Crippen LogP contribution is 2.18. The third-order valence-electron chi connectivity index (χ3n) is 4.73. The number of anilines is 1. The van der Waals surface area contributed by atoms with Crippen LogP contribution in [0.1, 0.15) is 16.7 Å². The minimum Gasteiger partial charge on any atom is -0.378 e. The second kappa shape index (κ2) is 11.2. The maximum atomic E-state index is 5.46. The van der Waals surface area contributed by atoms with Gasteiger partial charge in [0.25, 0.3) is 0 Å². The lowest BCUT2D eigenvalue weighted by molar-refractivity contribution is 0.122. The van der Waals surface area contributed by atoms with Crippen molar-refractivity contribution in [3.63, 3.8) is 0 Å². The van der Waals surface area contributed by atoms with E-state index >= 15 is 0 Å². The van der Waals surface area contributed by atoms with E-state index in [0.29, 0.717) is 6.54 Å². The van der Waals surface area contributed by atoms with Gasteiger partial charge in [-0.1, -0.05) is 35.9 Å². The van der Waals surface area contributed by atoms with Crippen molar-refractivity contribution < 1.29 is 4.74 Å². The van der Waals surface area contributed by atoms with Gasteiger partial charge in [-0.25, -0.2) is 4.98 Å². The number of halogens is 1. The molecule has 152 valence electrons. The van der Waals surface area contributed by atoms with Crippen LogP contribution in [0.5, 0.6) is 0 Å². The Morgan fingerprint density at radius 2 is 1.93 bits per heavy atom. The molecule has 0 amide bonds. The van der Waals surface area contributed by atoms with Gasteiger partial charge in [-0.2, -0.15) is 0 Å². The molecular weight excluding hydrogens is 465 g/mol. The summed E-state index contributed by atoms with van der Waals surface area (Å²) < 4.78 is 5.46. The van der Waals surface area contributed by atoms with Crippen LogP contribution in [0.3, 0.4) is 0 Å². The molecule has 2 heterocycles. The standard InChI is InChI=1S/C21H29N5O.HI/c1-17-6-8-18(9-7-17)16-25(3)21(22-2)24-15-19-5-4-10-23-20(19)26-11-13-27-14-12-26;/h4-10H,11-16H2,1-3H3,(H,22,24);1H. The molecule has 1 aliphatic heterocycles. The Morgan fingerprint density at radius 1 is 1.21 bits per heavy atom. The molecule has 2 aromatic rings. The Hall–Kier alpha value is -1.87. The van der Waals surface area contributed by atoms with Crippen LogP contribution in [-0.2, 0) is 17.8 Å². The van der Waals surface area contributed by atoms with E-state index in [2.05, 4.69) is 69.4 Å². The first-order valence-corrected chi connectivity index (χ1v) is 9.41. The van der Waals surface area contributed by atoms with Crippen molar-refractivity contribution in [2.75, 3.05) is 45.3 Å². The number of aliphatic imine (C=N–C) groups is 1. The lowest BCUT2D eigenvalue weighted by Gasteiger charge is -2.30. The Bertz CT molecular complexity index is 760. The van der Waals surface area contributed by atoms with Crippen molar-refractivity contribution in [1.29, 1.82) is 0 Å². The number of benzene rings is 1. The number of nitrogens with one attached hydrogen (secondary N) is 1. The molecule has 0 unspecified atom stereocenters. The molecule has 0 saturated carbocycles. The van der Waals surface area contributed by atoms with Crippen LogP contribution in [-0.4, -0.2) is 56.2 Å². The minimum atomic E-state index is 0. The predicted molar refractivity (Wildman–Crippen MR) is 126 cm³/mol. The highest BCUT2D eigenvalue weighted by molar-refractivity contribution is 14.0. The number of hydrogen-bond donors (Lipinski definition) is 1. The summed E-state index contributed by atoms with van der Waals surface area (Å²) in [5, 5.41) is 3.47. The number of nitrogens with zero attached hydrogens (tertiary/aromatic N) is 4. The van der Waals surface area contributed by atoms with Crippen molar-refractivity contribution in [2.45, 2.75) is 20.0 Å². The summed E-state index contributed by atoms with van der Waals surface area (Å²) in [6, 6.07) is 12.7. The zero-order valence-electron chi connectivity index (χ0n) is 16.9. The van der Waals surface area contributed by atoms with Gasteiger partial charge in [-0.3, -0.25) is 4.99 Å². The molecule has 3 rings (SSSR count). The third kappa shape index (κ3) is 6.07. The number of aryl methyl sites for hydroxylation is 1. The molecule has 1 N–H and O–H groups in total. The average molecular weight is 495 g/mol. The van der Waals surface area contributed by atoms with Crippen molar-refractivity contribution in [3.8, 4) is 0 Å². The van der Waals surface area contributed by atoms with Crippen molar-refractivity contribution >= 4 is 35.8 Å². The second-order valence-electron chi connectivity index (χ2n) is 6.83. The van der Waals surface area contributed by atoms with E-state index in [9.17, 15) is 0 Å². The highest BCUT2D eigenvalue weighted by Gasteiger charge is 2.16. The molecule has 7 heteroatoms. The van der Waals surface area contributed by atoms with E-state index < -0.39 is 0 Å². The van der Waals surface area contributed by atoms with E-state index in [1.54, 1.807) is 0 Å². The molecule has 1 saturated heterocycles. The summed E-state index contributed by atoms with van der Waals surface area (Å²) in [7, 11) is 3.88. The van der Waals surface area contributed by atoms with Gasteiger partial charge in [0.05, 0.1) is 13.2 Å². The van der Waals surface area contributed by atoms with E-state index in [0.717, 1.165) is 44.6 Å². The van der Waals surface area contributed by atoms with Crippen LogP contribution in [0.25, 0.3) is 0 Å². The number of rotatable bonds is 5. The summed E-state index contributed by atoms with van der Waals surface area (Å²) in [6.45, 7) is 6.87. The molecule has 0 radical (unpaired) electrons. The summed E-state index contributed by atoms with van der Waals surface area (Å²) in [5.74, 6) is 1.90. The SMILES string of the molecule is CN=C(NCc1cccnc1N1CCOCC1)N(C)Cc1ccc(C)cc1.I. The lowest BCUT2D eigenvalue weighted by atomic mass is 10.1. The van der Waals surface area contributed by atoms with Crippen LogP contribution in [0.4, 0.5) is 5.82 Å². The number of aromatic nitrogens is 1. The number of pyridine rings is 1. The van der Waals surface area contributed by atoms with Crippen LogP contribution in [0, 0.1) is 6.92 Å². The topological polar surface area (TPSA) is 53.0 Å². The monoisotopic (exact) mass is 495 g/mol. The van der Waals surface area contributed by atoms with Gasteiger partial charge >= 0.3 is 0 Å². The maximum absolute atomic E-state index is 5.46. The quantitative estimate of drug-likeness (QED) is 0.393. The molecule has 6 nitrogen and oxygen atoms in total. The first kappa shape index (κ1) is 22.4. The van der Waals surface area contributed by atoms with Gasteiger partial charge < -0.3 is 19.9 Å². The van der Waals surface area contributed by atoms with Crippen molar-refractivity contribution in [3.05, 3.63) is 59.3 Å². The molecule has 1 fully saturated rings. The zero-order chi connectivity index (χ0) is 19.1. The minimum absolute atomic E-state index is 0. The number of morpholine rings is 1. The smallest absolute Gasteiger partial charge is 0.193 e. The number of hydrogen-bond acceptors (Lipinski definition) is 4. The van der Waals surface area contributed by atoms with Crippen LogP contribution < -0.4 is 10.2 Å². The molecule has 1 aromatic heterocycles. The van der Waals surface area contributed by atoms with Gasteiger partial charge in [0, 0.05) is 52.0 Å². The molecule has 0 spiro atoms. The molecule has 1 aromatic carbocycles. The van der Waals surface area contributed by atoms with E-state index in [1.165, 1.54) is 16.7 Å². The largest absolute Gasteiger partial charge is 0.378 e. The zero-order valence-corrected chi connectivity index (χ0v) is 19.2. The normalized spacial score (nSPS) is 14.4. The fraction of sp³-hybridized carbons (Fsp3) is 0.429. The predicted octanol–water partition coefficient (Wildman–Crippen LogP) is 3.05. The molecule has 1 aliphatic rings. The van der Waals surface area contributed by atoms with Gasteiger partial charge in [-0.15, -0.1) is 24.0 Å². The maximum Gasteiger partial charge on any atom is 0.193 e. The molecular formula is C21H30IN5O. The molecule has 0 atom stereocenters. The first-order valence-electron chi connectivity index (χ1n) is 9.41. The Kier molecular flexibility index (Phi) is 8.98. The van der Waals surface area contributed by atoms with Crippen molar-refractivity contribution in [2.24, 2.45) is 4.99 Å². The summed E-state index contributed by atoms with van der Waals surface area (Å²) in [4.78, 5) is 13.5. The highest BCUT2D eigenvalue weighted by atomic mass is 127. The fourth-order valence-electron chi connectivity index (χ4n) is 3.23. The average Bonchev–Trinajstić information content (AvgIpc) is 2.71. The van der Waals surface area contributed by atoms with Crippen LogP contribution in [0.2, 0.25) is 0 Å². The number of guanidine groups is 1. The van der Waals surface area contributed by atoms with E-state index in [4.69, 9.17) is 4.74 Å². The summed E-state index contributed by atoms with van der Waals surface area (Å²) in [5.41, 5.74) is 3.71. The fourth-order valence-corrected chi connectivity index (χ4v) is 3.23. The Labute approximate surface area is 185 Å². The lowest BCUT2D eigenvalue weighted by Crippen LogP contribution is -2.40. The molecule has 28 heavy (non-hydrogen) atoms. The van der Waals surface area contributed by atoms with E-state index in [1.807, 2.05) is 19.3 Å². The van der Waals surface area contributed by atoms with Crippen LogP contribution in [0.15, 0.2) is 47.6 Å². The van der Waals surface area contributed by atoms with Gasteiger partial charge in [-0.05, 0) is 18.6 Å². The van der Waals surface area contributed by atoms with E-state index in [-0.39, 0.29) is 24.0 Å². The van der Waals surface area contributed by atoms with Gasteiger partial charge in [0.15, 0.2) is 5.96 Å². The number of ether oxygens (including phenoxy) is 1. The van der Waals surface area contributed by atoms with Gasteiger partial charge in [0.2, 0.25) is 0 Å². The van der Waals surface area contributed by atoms with Gasteiger partial charge in [0.1, 0.15) is 5.82 Å². The van der Waals surface area contributed by atoms with Crippen molar-refractivity contribution in [1.82, 2.24) is 15.2 Å². The summed E-state index contributed by atoms with van der Waals surface area (Å²) in [6.07, 6.45) is 1.85. The Morgan fingerprint density at radius 3 is 2.61 bits per heavy atom.